The van der Waals surface area contributed by atoms with Crippen molar-refractivity contribution in [2.75, 3.05) is 45.9 Å². The number of benzene rings is 1. The standard InChI is InChI=1S/C21H34N4O2/c1-3-5-9-12-23-21(22-4-2)24-17-19(18-10-7-6-8-11-18)20(26)25-13-15-27-16-14-25/h6-8,10-11,19H,3-5,9,12-17H2,1-2H3,(H2,22,23,24). The molecule has 2 N–H and O–H groups in total. The maximum absolute atomic E-state index is 13.1. The quantitative estimate of drug-likeness (QED) is 0.396. The average Bonchev–Trinajstić information content (AvgIpc) is 2.72. The monoisotopic (exact) mass is 374 g/mol. The van der Waals surface area contributed by atoms with Crippen LogP contribution >= 0.6 is 0 Å². The minimum Gasteiger partial charge on any atom is -0.378 e. The highest BCUT2D eigenvalue weighted by Gasteiger charge is 2.27. The van der Waals surface area contributed by atoms with Gasteiger partial charge in [0.1, 0.15) is 0 Å². The zero-order chi connectivity index (χ0) is 19.3. The third kappa shape index (κ3) is 7.21. The molecule has 1 aromatic rings. The van der Waals surface area contributed by atoms with Crippen LogP contribution < -0.4 is 10.6 Å². The third-order valence-electron chi connectivity index (χ3n) is 4.67. The summed E-state index contributed by atoms with van der Waals surface area (Å²) in [6.07, 6.45) is 3.52. The number of guanidine groups is 1. The van der Waals surface area contributed by atoms with Gasteiger partial charge in [-0.05, 0) is 18.9 Å². The molecule has 1 aliphatic rings. The number of aliphatic imine (C=N–C) groups is 1. The summed E-state index contributed by atoms with van der Waals surface area (Å²) >= 11 is 0. The van der Waals surface area contributed by atoms with Crippen molar-refractivity contribution in [2.45, 2.75) is 39.0 Å². The van der Waals surface area contributed by atoms with Crippen LogP contribution in [0.2, 0.25) is 0 Å². The first-order valence-electron chi connectivity index (χ1n) is 10.2. The van der Waals surface area contributed by atoms with Crippen LogP contribution in [0.1, 0.15) is 44.6 Å². The lowest BCUT2D eigenvalue weighted by atomic mass is 9.97. The van der Waals surface area contributed by atoms with Crippen molar-refractivity contribution in [3.63, 3.8) is 0 Å². The van der Waals surface area contributed by atoms with Crippen LogP contribution in [0, 0.1) is 0 Å². The van der Waals surface area contributed by atoms with Gasteiger partial charge in [0, 0.05) is 26.2 Å². The molecule has 27 heavy (non-hydrogen) atoms. The fourth-order valence-electron chi connectivity index (χ4n) is 3.12. The third-order valence-corrected chi connectivity index (χ3v) is 4.67. The highest BCUT2D eigenvalue weighted by molar-refractivity contribution is 5.85. The Balaban J connectivity index is 2.08. The molecule has 1 aromatic carbocycles. The van der Waals surface area contributed by atoms with Crippen molar-refractivity contribution in [1.29, 1.82) is 0 Å². The molecule has 0 aliphatic carbocycles. The lowest BCUT2D eigenvalue weighted by molar-refractivity contribution is -0.136. The molecule has 2 rings (SSSR count). The normalized spacial score (nSPS) is 16.1. The molecule has 1 fully saturated rings. The summed E-state index contributed by atoms with van der Waals surface area (Å²) in [7, 11) is 0. The van der Waals surface area contributed by atoms with Crippen LogP contribution in [0.25, 0.3) is 0 Å². The summed E-state index contributed by atoms with van der Waals surface area (Å²) in [6, 6.07) is 9.96. The molecule has 0 bridgehead atoms. The lowest BCUT2D eigenvalue weighted by Gasteiger charge is -2.30. The fourth-order valence-corrected chi connectivity index (χ4v) is 3.12. The van der Waals surface area contributed by atoms with E-state index in [-0.39, 0.29) is 11.8 Å². The van der Waals surface area contributed by atoms with Gasteiger partial charge in [-0.25, -0.2) is 0 Å². The number of nitrogens with zero attached hydrogens (tertiary/aromatic N) is 2. The molecule has 0 radical (unpaired) electrons. The van der Waals surface area contributed by atoms with Gasteiger partial charge in [-0.1, -0.05) is 50.1 Å². The largest absolute Gasteiger partial charge is 0.378 e. The van der Waals surface area contributed by atoms with Gasteiger partial charge in [0.2, 0.25) is 5.91 Å². The first-order chi connectivity index (χ1) is 13.3. The van der Waals surface area contributed by atoms with Gasteiger partial charge in [0.15, 0.2) is 5.96 Å². The molecule has 150 valence electrons. The van der Waals surface area contributed by atoms with Crippen molar-refractivity contribution >= 4 is 11.9 Å². The molecular weight excluding hydrogens is 340 g/mol. The molecule has 6 heteroatoms. The molecular formula is C21H34N4O2. The van der Waals surface area contributed by atoms with Crippen molar-refractivity contribution in [1.82, 2.24) is 15.5 Å². The van der Waals surface area contributed by atoms with Gasteiger partial charge in [-0.2, -0.15) is 0 Å². The minimum absolute atomic E-state index is 0.134. The van der Waals surface area contributed by atoms with Gasteiger partial charge in [-0.15, -0.1) is 0 Å². The zero-order valence-electron chi connectivity index (χ0n) is 16.7. The van der Waals surface area contributed by atoms with E-state index in [9.17, 15) is 4.79 Å². The Morgan fingerprint density at radius 1 is 1.15 bits per heavy atom. The number of unbranched alkanes of at least 4 members (excludes halogenated alkanes) is 2. The predicted molar refractivity (Wildman–Crippen MR) is 110 cm³/mol. The fraction of sp³-hybridized carbons (Fsp3) is 0.619. The van der Waals surface area contributed by atoms with Crippen LogP contribution in [0.5, 0.6) is 0 Å². The second-order valence-corrected chi connectivity index (χ2v) is 6.75. The Labute approximate surface area is 163 Å². The van der Waals surface area contributed by atoms with Crippen LogP contribution in [0.3, 0.4) is 0 Å². The highest BCUT2D eigenvalue weighted by Crippen LogP contribution is 2.20. The Bertz CT molecular complexity index is 571. The van der Waals surface area contributed by atoms with Gasteiger partial charge in [0.05, 0.1) is 25.7 Å². The predicted octanol–water partition coefficient (Wildman–Crippen LogP) is 2.37. The van der Waals surface area contributed by atoms with E-state index < -0.39 is 0 Å². The van der Waals surface area contributed by atoms with E-state index in [1.807, 2.05) is 35.2 Å². The van der Waals surface area contributed by atoms with Crippen molar-refractivity contribution in [3.05, 3.63) is 35.9 Å². The van der Waals surface area contributed by atoms with Crippen LogP contribution in [-0.2, 0) is 9.53 Å². The number of carbonyl (C=O) groups is 1. The van der Waals surface area contributed by atoms with E-state index in [2.05, 4.69) is 24.5 Å². The van der Waals surface area contributed by atoms with Crippen molar-refractivity contribution in [3.8, 4) is 0 Å². The Morgan fingerprint density at radius 2 is 1.89 bits per heavy atom. The lowest BCUT2D eigenvalue weighted by Crippen LogP contribution is -2.44. The SMILES string of the molecule is CCCCCNC(=NCC(C(=O)N1CCOCC1)c1ccccc1)NCC. The van der Waals surface area contributed by atoms with E-state index in [1.165, 1.54) is 12.8 Å². The second-order valence-electron chi connectivity index (χ2n) is 6.75. The molecule has 6 nitrogen and oxygen atoms in total. The number of hydrogen-bond donors (Lipinski definition) is 2. The minimum atomic E-state index is -0.268. The zero-order valence-corrected chi connectivity index (χ0v) is 16.7. The number of rotatable bonds is 9. The summed E-state index contributed by atoms with van der Waals surface area (Å²) in [6.45, 7) is 8.90. The second kappa shape index (κ2) is 12.3. The van der Waals surface area contributed by atoms with Crippen LogP contribution in [0.15, 0.2) is 35.3 Å². The van der Waals surface area contributed by atoms with E-state index in [1.54, 1.807) is 0 Å². The Hall–Kier alpha value is -2.08. The molecule has 1 amide bonds. The number of nitrogens with one attached hydrogen (secondary N) is 2. The summed E-state index contributed by atoms with van der Waals surface area (Å²) in [5.74, 6) is 0.648. The summed E-state index contributed by atoms with van der Waals surface area (Å²) in [5, 5.41) is 6.65. The number of amides is 1. The first-order valence-corrected chi connectivity index (χ1v) is 10.2. The average molecular weight is 375 g/mol. The molecule has 1 unspecified atom stereocenters. The highest BCUT2D eigenvalue weighted by atomic mass is 16.5. The number of carbonyl (C=O) groups excluding carboxylic acids is 1. The van der Waals surface area contributed by atoms with Gasteiger partial charge >= 0.3 is 0 Å². The van der Waals surface area contributed by atoms with E-state index >= 15 is 0 Å². The van der Waals surface area contributed by atoms with Gasteiger partial charge in [-0.3, -0.25) is 9.79 Å². The molecule has 0 spiro atoms. The van der Waals surface area contributed by atoms with E-state index in [4.69, 9.17) is 9.73 Å². The molecule has 1 atom stereocenters. The first kappa shape index (κ1) is 21.2. The van der Waals surface area contributed by atoms with Gasteiger partial charge < -0.3 is 20.3 Å². The summed E-state index contributed by atoms with van der Waals surface area (Å²) < 4.78 is 5.39. The maximum Gasteiger partial charge on any atom is 0.232 e. The van der Waals surface area contributed by atoms with E-state index in [0.717, 1.165) is 31.0 Å². The molecule has 1 saturated heterocycles. The smallest absolute Gasteiger partial charge is 0.232 e. The number of hydrogen-bond acceptors (Lipinski definition) is 3. The molecule has 1 heterocycles. The summed E-state index contributed by atoms with van der Waals surface area (Å²) in [4.78, 5) is 19.7. The molecule has 0 aromatic heterocycles. The number of morpholine rings is 1. The van der Waals surface area contributed by atoms with Crippen molar-refractivity contribution in [2.24, 2.45) is 4.99 Å². The van der Waals surface area contributed by atoms with Crippen LogP contribution in [0.4, 0.5) is 0 Å². The van der Waals surface area contributed by atoms with E-state index in [0.29, 0.717) is 32.8 Å². The topological polar surface area (TPSA) is 66.0 Å². The Kier molecular flexibility index (Phi) is 9.69. The molecule has 0 saturated carbocycles. The molecule has 1 aliphatic heterocycles. The summed E-state index contributed by atoms with van der Waals surface area (Å²) in [5.41, 5.74) is 1.01. The van der Waals surface area contributed by atoms with Crippen LogP contribution in [-0.4, -0.2) is 62.7 Å². The Morgan fingerprint density at radius 3 is 2.56 bits per heavy atom. The maximum atomic E-state index is 13.1. The van der Waals surface area contributed by atoms with Gasteiger partial charge in [0.25, 0.3) is 0 Å². The van der Waals surface area contributed by atoms with Crippen molar-refractivity contribution < 1.29 is 9.53 Å². The number of ether oxygens (including phenoxy) is 1.